The Kier molecular flexibility index (Phi) is 7.22. The lowest BCUT2D eigenvalue weighted by molar-refractivity contribution is -0.139. The number of hydrogen-bond donors (Lipinski definition) is 2. The lowest BCUT2D eigenvalue weighted by Crippen LogP contribution is -2.40. The van der Waals surface area contributed by atoms with Gasteiger partial charge in [0.15, 0.2) is 0 Å². The van der Waals surface area contributed by atoms with Gasteiger partial charge < -0.3 is 20.1 Å². The third-order valence-electron chi connectivity index (χ3n) is 5.14. The van der Waals surface area contributed by atoms with E-state index in [1.807, 2.05) is 18.2 Å². The van der Waals surface area contributed by atoms with Crippen LogP contribution in [0.4, 0.5) is 24.5 Å². The molecule has 10 heteroatoms. The van der Waals surface area contributed by atoms with Crippen LogP contribution < -0.4 is 21.1 Å². The van der Waals surface area contributed by atoms with Crippen molar-refractivity contribution in [2.24, 2.45) is 0 Å². The third kappa shape index (κ3) is 6.12. The number of carbonyl (C=O) groups is 2. The van der Waals surface area contributed by atoms with E-state index in [1.165, 1.54) is 0 Å². The van der Waals surface area contributed by atoms with Gasteiger partial charge in [-0.05, 0) is 50.1 Å². The van der Waals surface area contributed by atoms with Crippen molar-refractivity contribution < 1.29 is 22.8 Å². The number of benzene rings is 1. The molecular weight excluding hydrogens is 425 g/mol. The van der Waals surface area contributed by atoms with Gasteiger partial charge in [-0.25, -0.2) is 0 Å². The Morgan fingerprint density at radius 3 is 2.50 bits per heavy atom. The molecule has 2 amide bonds. The first-order valence-electron chi connectivity index (χ1n) is 10.3. The number of halogens is 3. The molecule has 0 spiro atoms. The van der Waals surface area contributed by atoms with Gasteiger partial charge in [-0.1, -0.05) is 6.07 Å². The summed E-state index contributed by atoms with van der Waals surface area (Å²) in [5, 5.41) is 5.33. The fourth-order valence-electron chi connectivity index (χ4n) is 3.65. The highest BCUT2D eigenvalue weighted by Crippen LogP contribution is 2.26. The fourth-order valence-corrected chi connectivity index (χ4v) is 3.65. The molecule has 0 bridgehead atoms. The molecule has 1 fully saturated rings. The third-order valence-corrected chi connectivity index (χ3v) is 5.14. The molecule has 1 aromatic carbocycles. The zero-order valence-electron chi connectivity index (χ0n) is 17.6. The van der Waals surface area contributed by atoms with Crippen LogP contribution >= 0.6 is 0 Å². The minimum Gasteiger partial charge on any atom is -0.371 e. The quantitative estimate of drug-likeness (QED) is 0.680. The molecule has 1 saturated heterocycles. The lowest BCUT2D eigenvalue weighted by Gasteiger charge is -2.19. The van der Waals surface area contributed by atoms with Crippen LogP contribution in [-0.4, -0.2) is 35.5 Å². The normalized spacial score (nSPS) is 14.8. The first-order chi connectivity index (χ1) is 15.1. The second-order valence-electron chi connectivity index (χ2n) is 7.82. The molecule has 1 unspecified atom stereocenters. The maximum Gasteiger partial charge on any atom is 0.421 e. The monoisotopic (exact) mass is 450 g/mol. The maximum atomic E-state index is 12.9. The van der Waals surface area contributed by atoms with E-state index in [0.717, 1.165) is 43.9 Å². The van der Waals surface area contributed by atoms with Gasteiger partial charge in [0.25, 0.3) is 5.56 Å². The zero-order valence-corrected chi connectivity index (χ0v) is 17.6. The molecule has 32 heavy (non-hydrogen) atoms. The van der Waals surface area contributed by atoms with Crippen LogP contribution in [0.15, 0.2) is 47.4 Å². The van der Waals surface area contributed by atoms with E-state index in [0.29, 0.717) is 16.3 Å². The Balaban J connectivity index is 1.53. The summed E-state index contributed by atoms with van der Waals surface area (Å²) in [6.07, 6.45) is -1.44. The Bertz CT molecular complexity index is 1030. The van der Waals surface area contributed by atoms with Crippen molar-refractivity contribution in [2.45, 2.75) is 44.9 Å². The van der Waals surface area contributed by atoms with Crippen LogP contribution in [-0.2, 0) is 22.3 Å². The second kappa shape index (κ2) is 9.88. The lowest BCUT2D eigenvalue weighted by atomic mass is 10.2. The van der Waals surface area contributed by atoms with E-state index in [-0.39, 0.29) is 12.3 Å². The van der Waals surface area contributed by atoms with Gasteiger partial charge in [0.2, 0.25) is 11.8 Å². The summed E-state index contributed by atoms with van der Waals surface area (Å²) in [5.74, 6) is -0.977. The average Bonchev–Trinajstić information content (AvgIpc) is 3.23. The standard InChI is InChI=1S/C22H25F3N4O3/c1-15(26-20(31)14-29-11-5-8-18(21(29)32)22(23,24)25)12-19(30)27-16-6-4-7-17(13-16)28-9-2-3-10-28/h4-8,11,13,15H,2-3,9-10,12,14H2,1H3,(H,26,31)(H,27,30). The van der Waals surface area contributed by atoms with Crippen molar-refractivity contribution in [3.8, 4) is 0 Å². The van der Waals surface area contributed by atoms with Crippen LogP contribution in [0.25, 0.3) is 0 Å². The number of hydrogen-bond acceptors (Lipinski definition) is 4. The van der Waals surface area contributed by atoms with Crippen molar-refractivity contribution in [3.05, 3.63) is 58.5 Å². The first kappa shape index (κ1) is 23.4. The number of alkyl halides is 3. The topological polar surface area (TPSA) is 83.4 Å². The predicted molar refractivity (Wildman–Crippen MR) is 114 cm³/mol. The van der Waals surface area contributed by atoms with E-state index in [2.05, 4.69) is 15.5 Å². The van der Waals surface area contributed by atoms with Crippen LogP contribution in [0, 0.1) is 0 Å². The molecule has 172 valence electrons. The number of anilines is 2. The van der Waals surface area contributed by atoms with E-state index in [1.54, 1.807) is 13.0 Å². The van der Waals surface area contributed by atoms with Crippen LogP contribution in [0.3, 0.4) is 0 Å². The molecule has 2 aromatic rings. The minimum atomic E-state index is -4.80. The van der Waals surface area contributed by atoms with E-state index >= 15 is 0 Å². The number of nitrogens with zero attached hydrogens (tertiary/aromatic N) is 2. The number of carbonyl (C=O) groups excluding carboxylic acids is 2. The number of aromatic nitrogens is 1. The first-order valence-corrected chi connectivity index (χ1v) is 10.3. The molecule has 2 N–H and O–H groups in total. The summed E-state index contributed by atoms with van der Waals surface area (Å²) >= 11 is 0. The van der Waals surface area contributed by atoms with E-state index in [9.17, 15) is 27.6 Å². The van der Waals surface area contributed by atoms with E-state index < -0.39 is 35.8 Å². The molecule has 1 aliphatic heterocycles. The van der Waals surface area contributed by atoms with Crippen molar-refractivity contribution in [2.75, 3.05) is 23.3 Å². The number of nitrogens with one attached hydrogen (secondary N) is 2. The van der Waals surface area contributed by atoms with Crippen LogP contribution in [0.1, 0.15) is 31.7 Å². The van der Waals surface area contributed by atoms with Gasteiger partial charge >= 0.3 is 6.18 Å². The number of pyridine rings is 1. The smallest absolute Gasteiger partial charge is 0.371 e. The van der Waals surface area contributed by atoms with Crippen molar-refractivity contribution in [3.63, 3.8) is 0 Å². The molecule has 0 radical (unpaired) electrons. The molecule has 3 rings (SSSR count). The number of rotatable bonds is 7. The van der Waals surface area contributed by atoms with Gasteiger partial charge in [0, 0.05) is 43.1 Å². The Labute approximate surface area is 183 Å². The molecule has 0 aliphatic carbocycles. The van der Waals surface area contributed by atoms with Gasteiger partial charge in [0.05, 0.1) is 0 Å². The highest BCUT2D eigenvalue weighted by molar-refractivity contribution is 5.92. The Hall–Kier alpha value is -3.30. The summed E-state index contributed by atoms with van der Waals surface area (Å²) in [7, 11) is 0. The minimum absolute atomic E-state index is 0.0306. The zero-order chi connectivity index (χ0) is 23.3. The molecule has 1 aromatic heterocycles. The summed E-state index contributed by atoms with van der Waals surface area (Å²) in [6.45, 7) is 2.99. The average molecular weight is 450 g/mol. The summed E-state index contributed by atoms with van der Waals surface area (Å²) in [6, 6.07) is 8.67. The van der Waals surface area contributed by atoms with Crippen molar-refractivity contribution in [1.82, 2.24) is 9.88 Å². The van der Waals surface area contributed by atoms with Gasteiger partial charge in [-0.15, -0.1) is 0 Å². The summed E-state index contributed by atoms with van der Waals surface area (Å²) in [5.41, 5.74) is -0.948. The van der Waals surface area contributed by atoms with Gasteiger partial charge in [0.1, 0.15) is 12.1 Å². The summed E-state index contributed by atoms with van der Waals surface area (Å²) < 4.78 is 39.2. The van der Waals surface area contributed by atoms with Crippen molar-refractivity contribution in [1.29, 1.82) is 0 Å². The highest BCUT2D eigenvalue weighted by Gasteiger charge is 2.34. The highest BCUT2D eigenvalue weighted by atomic mass is 19.4. The van der Waals surface area contributed by atoms with Gasteiger partial charge in [-0.3, -0.25) is 14.4 Å². The SMILES string of the molecule is CC(CC(=O)Nc1cccc(N2CCCC2)c1)NC(=O)Cn1cccc(C(F)(F)F)c1=O. The second-order valence-corrected chi connectivity index (χ2v) is 7.82. The maximum absolute atomic E-state index is 12.9. The number of amides is 2. The fraction of sp³-hybridized carbons (Fsp3) is 0.409. The van der Waals surface area contributed by atoms with Crippen LogP contribution in [0.2, 0.25) is 0 Å². The van der Waals surface area contributed by atoms with Crippen molar-refractivity contribution >= 4 is 23.2 Å². The predicted octanol–water partition coefficient (Wildman–Crippen LogP) is 3.00. The van der Waals surface area contributed by atoms with E-state index in [4.69, 9.17) is 0 Å². The molecule has 1 atom stereocenters. The Morgan fingerprint density at radius 2 is 1.81 bits per heavy atom. The molecule has 2 heterocycles. The summed E-state index contributed by atoms with van der Waals surface area (Å²) in [4.78, 5) is 38.7. The molecular formula is C22H25F3N4O3. The van der Waals surface area contributed by atoms with Gasteiger partial charge in [-0.2, -0.15) is 13.2 Å². The van der Waals surface area contributed by atoms with Crippen LogP contribution in [0.5, 0.6) is 0 Å². The largest absolute Gasteiger partial charge is 0.421 e. The molecule has 7 nitrogen and oxygen atoms in total. The molecule has 1 aliphatic rings. The molecule has 0 saturated carbocycles. The Morgan fingerprint density at radius 1 is 1.09 bits per heavy atom.